The summed E-state index contributed by atoms with van der Waals surface area (Å²) < 4.78 is 0. The number of fused-ring (bicyclic) bond motifs is 1. The maximum atomic E-state index is 12.2. The van der Waals surface area contributed by atoms with Crippen LogP contribution in [0.1, 0.15) is 59.2 Å². The number of hydrogen-bond donors (Lipinski definition) is 0. The molecule has 1 aromatic rings. The lowest BCUT2D eigenvalue weighted by Crippen LogP contribution is -2.30. The first-order valence-corrected chi connectivity index (χ1v) is 10.2. The summed E-state index contributed by atoms with van der Waals surface area (Å²) in [5.74, 6) is 2.25. The average Bonchev–Trinajstić information content (AvgIpc) is 3.20. The van der Waals surface area contributed by atoms with E-state index in [2.05, 4.69) is 4.90 Å². The number of imide groups is 1. The van der Waals surface area contributed by atoms with Gasteiger partial charge in [0, 0.05) is 24.7 Å². The Kier molecular flexibility index (Phi) is 6.32. The quantitative estimate of drug-likeness (QED) is 0.506. The van der Waals surface area contributed by atoms with Gasteiger partial charge in [-0.2, -0.15) is 0 Å². The van der Waals surface area contributed by atoms with Gasteiger partial charge >= 0.3 is 0 Å². The van der Waals surface area contributed by atoms with Gasteiger partial charge in [0.05, 0.1) is 11.1 Å². The van der Waals surface area contributed by atoms with Crippen LogP contribution in [-0.2, 0) is 0 Å². The third-order valence-electron chi connectivity index (χ3n) is 4.81. The lowest BCUT2D eigenvalue weighted by Gasteiger charge is -2.14. The second kappa shape index (κ2) is 8.67. The summed E-state index contributed by atoms with van der Waals surface area (Å²) in [4.78, 5) is 28.4. The smallest absolute Gasteiger partial charge is 0.261 e. The van der Waals surface area contributed by atoms with Gasteiger partial charge in [-0.3, -0.25) is 19.4 Å². The van der Waals surface area contributed by atoms with E-state index in [0.717, 1.165) is 12.8 Å². The van der Waals surface area contributed by atoms with Crippen molar-refractivity contribution >= 4 is 23.6 Å². The molecule has 0 aromatic heterocycles. The molecule has 0 bridgehead atoms. The first kappa shape index (κ1) is 17.5. The molecule has 0 saturated carbocycles. The maximum Gasteiger partial charge on any atom is 0.261 e. The number of carbonyl (C=O) groups excluding carboxylic acids is 2. The molecule has 0 aliphatic carbocycles. The van der Waals surface area contributed by atoms with Crippen molar-refractivity contribution in [1.29, 1.82) is 0 Å². The molecule has 0 radical (unpaired) electrons. The Hall–Kier alpha value is -1.33. The van der Waals surface area contributed by atoms with Crippen molar-refractivity contribution in [3.8, 4) is 0 Å². The number of carbonyl (C=O) groups is 2. The summed E-state index contributed by atoms with van der Waals surface area (Å²) >= 11 is 2.03. The van der Waals surface area contributed by atoms with Crippen molar-refractivity contribution < 1.29 is 9.59 Å². The Morgan fingerprint density at radius 3 is 2.00 bits per heavy atom. The molecule has 1 fully saturated rings. The number of benzene rings is 1. The second-order valence-electron chi connectivity index (χ2n) is 6.58. The minimum Gasteiger partial charge on any atom is -0.293 e. The molecule has 1 aromatic carbocycles. The van der Waals surface area contributed by atoms with Crippen molar-refractivity contribution in [2.45, 2.75) is 38.5 Å². The zero-order chi connectivity index (χ0) is 16.8. The van der Waals surface area contributed by atoms with Gasteiger partial charge in [-0.05, 0) is 31.5 Å². The van der Waals surface area contributed by atoms with E-state index in [1.165, 1.54) is 55.3 Å². The number of hydrogen-bond acceptors (Lipinski definition) is 4. The number of unbranched alkanes of at least 4 members (excludes halogenated alkanes) is 5. The van der Waals surface area contributed by atoms with Crippen LogP contribution >= 0.6 is 11.8 Å². The highest BCUT2D eigenvalue weighted by atomic mass is 32.2. The van der Waals surface area contributed by atoms with Gasteiger partial charge in [-0.1, -0.05) is 37.8 Å². The van der Waals surface area contributed by atoms with Gasteiger partial charge in [0.2, 0.25) is 0 Å². The van der Waals surface area contributed by atoms with Gasteiger partial charge in [0.1, 0.15) is 0 Å². The Morgan fingerprint density at radius 2 is 1.42 bits per heavy atom. The van der Waals surface area contributed by atoms with Crippen LogP contribution in [0.15, 0.2) is 24.3 Å². The maximum absolute atomic E-state index is 12.2. The minimum absolute atomic E-state index is 0.126. The third-order valence-corrected chi connectivity index (χ3v) is 5.83. The SMILES string of the molecule is O=C1c2ccccc2C(=O)N1CCCCCCCCN1CCSC1. The van der Waals surface area contributed by atoms with Gasteiger partial charge < -0.3 is 0 Å². The highest BCUT2D eigenvalue weighted by Gasteiger charge is 2.34. The monoisotopic (exact) mass is 346 g/mol. The van der Waals surface area contributed by atoms with Crippen molar-refractivity contribution in [2.75, 3.05) is 31.3 Å². The fourth-order valence-corrected chi connectivity index (χ4v) is 4.42. The summed E-state index contributed by atoms with van der Waals surface area (Å²) in [7, 11) is 0. The Balaban J connectivity index is 1.27. The second-order valence-corrected chi connectivity index (χ2v) is 7.66. The van der Waals surface area contributed by atoms with Crippen molar-refractivity contribution in [2.24, 2.45) is 0 Å². The molecule has 24 heavy (non-hydrogen) atoms. The molecular formula is C19H26N2O2S. The molecule has 5 heteroatoms. The van der Waals surface area contributed by atoms with Crippen LogP contribution in [-0.4, -0.2) is 52.9 Å². The standard InChI is InChI=1S/C19H26N2O2S/c22-18-16-9-5-6-10-17(16)19(23)21(18)12-8-4-2-1-3-7-11-20-13-14-24-15-20/h5-6,9-10H,1-4,7-8,11-15H2. The summed E-state index contributed by atoms with van der Waals surface area (Å²) in [5, 5.41) is 0. The van der Waals surface area contributed by atoms with Gasteiger partial charge in [0.25, 0.3) is 11.8 Å². The van der Waals surface area contributed by atoms with E-state index in [4.69, 9.17) is 0 Å². The van der Waals surface area contributed by atoms with Gasteiger partial charge in [-0.25, -0.2) is 0 Å². The molecule has 0 spiro atoms. The summed E-state index contributed by atoms with van der Waals surface area (Å²) in [6, 6.07) is 7.12. The average molecular weight is 346 g/mol. The van der Waals surface area contributed by atoms with Crippen molar-refractivity contribution in [3.63, 3.8) is 0 Å². The van der Waals surface area contributed by atoms with E-state index in [-0.39, 0.29) is 11.8 Å². The molecule has 2 aliphatic rings. The predicted octanol–water partition coefficient (Wildman–Crippen LogP) is 3.63. The van der Waals surface area contributed by atoms with Crippen LogP contribution in [0.4, 0.5) is 0 Å². The zero-order valence-electron chi connectivity index (χ0n) is 14.2. The normalized spacial score (nSPS) is 17.8. The van der Waals surface area contributed by atoms with Crippen LogP contribution < -0.4 is 0 Å². The van der Waals surface area contributed by atoms with E-state index >= 15 is 0 Å². The van der Waals surface area contributed by atoms with E-state index in [1.54, 1.807) is 12.1 Å². The summed E-state index contributed by atoms with van der Waals surface area (Å²) in [6.07, 6.45) is 7.02. The number of nitrogens with zero attached hydrogens (tertiary/aromatic N) is 2. The van der Waals surface area contributed by atoms with E-state index in [0.29, 0.717) is 17.7 Å². The molecule has 130 valence electrons. The van der Waals surface area contributed by atoms with Crippen LogP contribution in [0.2, 0.25) is 0 Å². The molecule has 0 atom stereocenters. The highest BCUT2D eigenvalue weighted by Crippen LogP contribution is 2.23. The minimum atomic E-state index is -0.126. The number of amides is 2. The molecule has 2 amide bonds. The van der Waals surface area contributed by atoms with Gasteiger partial charge in [-0.15, -0.1) is 11.8 Å². The van der Waals surface area contributed by atoms with Crippen molar-refractivity contribution in [3.05, 3.63) is 35.4 Å². The molecule has 2 aliphatic heterocycles. The fourth-order valence-electron chi connectivity index (χ4n) is 3.38. The third kappa shape index (κ3) is 4.19. The van der Waals surface area contributed by atoms with Gasteiger partial charge in [0.15, 0.2) is 0 Å². The van der Waals surface area contributed by atoms with Crippen LogP contribution in [0, 0.1) is 0 Å². The lowest BCUT2D eigenvalue weighted by atomic mass is 10.1. The summed E-state index contributed by atoms with van der Waals surface area (Å²) in [6.45, 7) is 3.05. The molecule has 0 N–H and O–H groups in total. The number of thioether (sulfide) groups is 1. The van der Waals surface area contributed by atoms with Crippen LogP contribution in [0.5, 0.6) is 0 Å². The Labute approximate surface area is 148 Å². The Bertz CT molecular complexity index is 549. The summed E-state index contributed by atoms with van der Waals surface area (Å²) in [5.41, 5.74) is 1.12. The molecule has 3 rings (SSSR count). The molecule has 4 nitrogen and oxygen atoms in total. The largest absolute Gasteiger partial charge is 0.293 e. The van der Waals surface area contributed by atoms with E-state index < -0.39 is 0 Å². The predicted molar refractivity (Wildman–Crippen MR) is 98.4 cm³/mol. The lowest BCUT2D eigenvalue weighted by molar-refractivity contribution is 0.0651. The molecule has 0 unspecified atom stereocenters. The molecular weight excluding hydrogens is 320 g/mol. The first-order valence-electron chi connectivity index (χ1n) is 9.03. The first-order chi connectivity index (χ1) is 11.8. The zero-order valence-corrected chi connectivity index (χ0v) is 15.0. The van der Waals surface area contributed by atoms with E-state index in [1.807, 2.05) is 23.9 Å². The topological polar surface area (TPSA) is 40.6 Å². The van der Waals surface area contributed by atoms with Crippen LogP contribution in [0.25, 0.3) is 0 Å². The Morgan fingerprint density at radius 1 is 0.833 bits per heavy atom. The molecule has 1 saturated heterocycles. The van der Waals surface area contributed by atoms with Crippen LogP contribution in [0.3, 0.4) is 0 Å². The molecule has 2 heterocycles. The highest BCUT2D eigenvalue weighted by molar-refractivity contribution is 7.99. The fraction of sp³-hybridized carbons (Fsp3) is 0.579. The number of rotatable bonds is 9. The van der Waals surface area contributed by atoms with Crippen molar-refractivity contribution in [1.82, 2.24) is 9.80 Å². The van der Waals surface area contributed by atoms with E-state index in [9.17, 15) is 9.59 Å².